The average molecular weight is 433 g/mol. The van der Waals surface area contributed by atoms with E-state index in [0.717, 1.165) is 11.8 Å². The first kappa shape index (κ1) is 23.3. The van der Waals surface area contributed by atoms with Crippen LogP contribution in [0.1, 0.15) is 29.8 Å². The van der Waals surface area contributed by atoms with Gasteiger partial charge in [0.15, 0.2) is 11.5 Å². The third-order valence-corrected chi connectivity index (χ3v) is 5.32. The molecule has 1 amide bonds. The third kappa shape index (κ3) is 6.25. The fraction of sp³-hybridized carbons (Fsp3) is 0.318. The Morgan fingerprint density at radius 3 is 2.37 bits per heavy atom. The number of methoxy groups -OCH3 is 1. The Kier molecular flexibility index (Phi) is 7.88. The summed E-state index contributed by atoms with van der Waals surface area (Å²) in [5.41, 5.74) is 1.76. The number of carbonyl (C=O) groups is 1. The molecule has 2 rings (SSSR count). The van der Waals surface area contributed by atoms with Gasteiger partial charge in [0.2, 0.25) is 10.0 Å². The molecule has 0 aliphatic rings. The maximum absolute atomic E-state index is 12.5. The Balaban J connectivity index is 2.07. The molecule has 0 unspecified atom stereocenters. The number of anilines is 1. The lowest BCUT2D eigenvalue weighted by Gasteiger charge is -2.20. The molecule has 0 aromatic heterocycles. The summed E-state index contributed by atoms with van der Waals surface area (Å²) in [7, 11) is -1.87. The normalized spacial score (nSPS) is 11.1. The zero-order valence-electron chi connectivity index (χ0n) is 17.7. The van der Waals surface area contributed by atoms with Gasteiger partial charge in [-0.2, -0.15) is 0 Å². The van der Waals surface area contributed by atoms with E-state index in [2.05, 4.69) is 11.9 Å². The summed E-state index contributed by atoms with van der Waals surface area (Å²) in [6, 6.07) is 11.9. The van der Waals surface area contributed by atoms with Crippen LogP contribution in [0.25, 0.3) is 0 Å². The molecule has 162 valence electrons. The van der Waals surface area contributed by atoms with E-state index in [9.17, 15) is 13.2 Å². The summed E-state index contributed by atoms with van der Waals surface area (Å²) < 4.78 is 36.1. The summed E-state index contributed by atoms with van der Waals surface area (Å²) in [5, 5.41) is 2.85. The van der Waals surface area contributed by atoms with Gasteiger partial charge in [0.05, 0.1) is 31.7 Å². The number of hydrogen-bond donors (Lipinski definition) is 1. The van der Waals surface area contributed by atoms with Crippen LogP contribution in [0, 0.1) is 0 Å². The summed E-state index contributed by atoms with van der Waals surface area (Å²) in [6.45, 7) is 7.92. The second kappa shape index (κ2) is 10.2. The van der Waals surface area contributed by atoms with Gasteiger partial charge in [0.25, 0.3) is 5.91 Å². The van der Waals surface area contributed by atoms with E-state index in [1.165, 1.54) is 10.4 Å². The van der Waals surface area contributed by atoms with E-state index in [-0.39, 0.29) is 18.6 Å². The molecule has 2 aromatic rings. The highest BCUT2D eigenvalue weighted by Gasteiger charge is 2.16. The fourth-order valence-corrected chi connectivity index (χ4v) is 3.67. The molecule has 1 N–H and O–H groups in total. The third-order valence-electron chi connectivity index (χ3n) is 4.16. The minimum atomic E-state index is -3.44. The van der Waals surface area contributed by atoms with E-state index in [1.54, 1.807) is 31.4 Å². The Bertz CT molecular complexity index is 985. The lowest BCUT2D eigenvalue weighted by Crippen LogP contribution is -2.30. The van der Waals surface area contributed by atoms with Gasteiger partial charge in [0, 0.05) is 12.1 Å². The summed E-state index contributed by atoms with van der Waals surface area (Å²) in [4.78, 5) is 12.5. The van der Waals surface area contributed by atoms with Crippen LogP contribution in [-0.4, -0.2) is 40.3 Å². The predicted octanol–water partition coefficient (Wildman–Crippen LogP) is 3.36. The van der Waals surface area contributed by atoms with Crippen molar-refractivity contribution in [2.24, 2.45) is 0 Å². The molecule has 2 aromatic carbocycles. The van der Waals surface area contributed by atoms with Crippen molar-refractivity contribution < 1.29 is 22.7 Å². The summed E-state index contributed by atoms with van der Waals surface area (Å²) in [5.74, 6) is 0.980. The zero-order chi connectivity index (χ0) is 22.3. The Morgan fingerprint density at radius 2 is 1.83 bits per heavy atom. The van der Waals surface area contributed by atoms with Crippen LogP contribution in [0.2, 0.25) is 0 Å². The molecule has 0 bridgehead atoms. The number of sulfonamides is 1. The van der Waals surface area contributed by atoms with Crippen molar-refractivity contribution in [1.29, 1.82) is 0 Å². The molecule has 30 heavy (non-hydrogen) atoms. The molecule has 0 aliphatic carbocycles. The first-order valence-electron chi connectivity index (χ1n) is 9.46. The number of rotatable bonds is 10. The Labute approximate surface area is 178 Å². The SMILES string of the molecule is C=CCN(c1ccc(C(=O)NCc2ccc(OC(C)C)c(OC)c2)cc1)S(C)(=O)=O. The van der Waals surface area contributed by atoms with E-state index in [1.807, 2.05) is 32.0 Å². The lowest BCUT2D eigenvalue weighted by atomic mass is 10.1. The number of carbonyl (C=O) groups excluding carboxylic acids is 1. The van der Waals surface area contributed by atoms with Crippen molar-refractivity contribution in [1.82, 2.24) is 5.32 Å². The first-order chi connectivity index (χ1) is 14.2. The van der Waals surface area contributed by atoms with Crippen LogP contribution in [0.15, 0.2) is 55.1 Å². The highest BCUT2D eigenvalue weighted by atomic mass is 32.2. The minimum Gasteiger partial charge on any atom is -0.493 e. The number of amides is 1. The maximum atomic E-state index is 12.5. The van der Waals surface area contributed by atoms with Crippen molar-refractivity contribution in [3.05, 3.63) is 66.2 Å². The molecule has 7 nitrogen and oxygen atoms in total. The van der Waals surface area contributed by atoms with E-state index in [4.69, 9.17) is 9.47 Å². The second-order valence-electron chi connectivity index (χ2n) is 6.96. The number of hydrogen-bond acceptors (Lipinski definition) is 5. The fourth-order valence-electron chi connectivity index (χ4n) is 2.79. The van der Waals surface area contributed by atoms with Crippen molar-refractivity contribution in [2.45, 2.75) is 26.5 Å². The average Bonchev–Trinajstić information content (AvgIpc) is 2.70. The zero-order valence-corrected chi connectivity index (χ0v) is 18.5. The van der Waals surface area contributed by atoms with Gasteiger partial charge in [0.1, 0.15) is 0 Å². The van der Waals surface area contributed by atoms with Gasteiger partial charge in [-0.3, -0.25) is 9.10 Å². The minimum absolute atomic E-state index is 0.0255. The molecule has 0 saturated carbocycles. The van der Waals surface area contributed by atoms with Crippen molar-refractivity contribution in [3.63, 3.8) is 0 Å². The Morgan fingerprint density at radius 1 is 1.17 bits per heavy atom. The molecule has 0 fully saturated rings. The molecule has 0 heterocycles. The maximum Gasteiger partial charge on any atom is 0.251 e. The van der Waals surface area contributed by atoms with Gasteiger partial charge in [-0.1, -0.05) is 12.1 Å². The number of benzene rings is 2. The van der Waals surface area contributed by atoms with Gasteiger partial charge in [-0.25, -0.2) is 8.42 Å². The number of ether oxygens (including phenoxy) is 2. The highest BCUT2D eigenvalue weighted by molar-refractivity contribution is 7.92. The molecular weight excluding hydrogens is 404 g/mol. The molecule has 0 saturated heterocycles. The van der Waals surface area contributed by atoms with Gasteiger partial charge in [-0.05, 0) is 55.8 Å². The summed E-state index contributed by atoms with van der Waals surface area (Å²) >= 11 is 0. The van der Waals surface area contributed by atoms with E-state index < -0.39 is 10.0 Å². The van der Waals surface area contributed by atoms with Gasteiger partial charge in [-0.15, -0.1) is 6.58 Å². The van der Waals surface area contributed by atoms with E-state index in [0.29, 0.717) is 29.3 Å². The largest absolute Gasteiger partial charge is 0.493 e. The molecular formula is C22H28N2O5S. The van der Waals surface area contributed by atoms with Crippen LogP contribution >= 0.6 is 0 Å². The van der Waals surface area contributed by atoms with Crippen LogP contribution < -0.4 is 19.1 Å². The standard InChI is InChI=1S/C22H28N2O5S/c1-6-13-24(30(5,26)27)19-10-8-18(9-11-19)22(25)23-15-17-7-12-20(29-16(2)3)21(14-17)28-4/h6-12,14,16H,1,13,15H2,2-5H3,(H,23,25). The molecule has 8 heteroatoms. The van der Waals surface area contributed by atoms with Crippen LogP contribution in [0.5, 0.6) is 11.5 Å². The number of nitrogens with one attached hydrogen (secondary N) is 1. The Hall–Kier alpha value is -3.00. The van der Waals surface area contributed by atoms with Gasteiger partial charge < -0.3 is 14.8 Å². The quantitative estimate of drug-likeness (QED) is 0.582. The molecule has 0 radical (unpaired) electrons. The lowest BCUT2D eigenvalue weighted by molar-refractivity contribution is 0.0951. The van der Waals surface area contributed by atoms with Crippen LogP contribution in [0.3, 0.4) is 0 Å². The van der Waals surface area contributed by atoms with Crippen molar-refractivity contribution >= 4 is 21.6 Å². The van der Waals surface area contributed by atoms with Gasteiger partial charge >= 0.3 is 0 Å². The van der Waals surface area contributed by atoms with Crippen LogP contribution in [-0.2, 0) is 16.6 Å². The summed E-state index contributed by atoms with van der Waals surface area (Å²) in [6.07, 6.45) is 2.66. The van der Waals surface area contributed by atoms with Crippen LogP contribution in [0.4, 0.5) is 5.69 Å². The molecule has 0 atom stereocenters. The van der Waals surface area contributed by atoms with Crippen molar-refractivity contribution in [2.75, 3.05) is 24.2 Å². The highest BCUT2D eigenvalue weighted by Crippen LogP contribution is 2.29. The van der Waals surface area contributed by atoms with E-state index >= 15 is 0 Å². The van der Waals surface area contributed by atoms with Crippen molar-refractivity contribution in [3.8, 4) is 11.5 Å². The molecule has 0 aliphatic heterocycles. The smallest absolute Gasteiger partial charge is 0.251 e. The predicted molar refractivity (Wildman–Crippen MR) is 119 cm³/mol. The molecule has 0 spiro atoms. The number of nitrogens with zero attached hydrogens (tertiary/aromatic N) is 1. The second-order valence-corrected chi connectivity index (χ2v) is 8.87. The topological polar surface area (TPSA) is 84.9 Å². The monoisotopic (exact) mass is 432 g/mol. The first-order valence-corrected chi connectivity index (χ1v) is 11.3.